The summed E-state index contributed by atoms with van der Waals surface area (Å²) in [5.41, 5.74) is 0.999. The minimum Gasteiger partial charge on any atom is -0.287 e. The van der Waals surface area contributed by atoms with Gasteiger partial charge in [0.15, 0.2) is 5.65 Å². The molecule has 1 aromatic carbocycles. The summed E-state index contributed by atoms with van der Waals surface area (Å²) in [5, 5.41) is 4.48. The summed E-state index contributed by atoms with van der Waals surface area (Å²) >= 11 is 11.5. The molecule has 0 saturated heterocycles. The van der Waals surface area contributed by atoms with Crippen LogP contribution in [0.25, 0.3) is 5.65 Å². The van der Waals surface area contributed by atoms with Crippen molar-refractivity contribution >= 4 is 34.6 Å². The van der Waals surface area contributed by atoms with Crippen LogP contribution in [0.4, 0.5) is 4.39 Å². The minimum atomic E-state index is -0.691. The number of aromatic nitrogens is 3. The van der Waals surface area contributed by atoms with Gasteiger partial charge < -0.3 is 0 Å². The molecule has 0 bridgehead atoms. The number of rotatable bonds is 2. The van der Waals surface area contributed by atoms with Gasteiger partial charge in [-0.15, -0.1) is 0 Å². The van der Waals surface area contributed by atoms with Crippen molar-refractivity contribution in [1.82, 2.24) is 14.6 Å². The maximum atomic E-state index is 13.9. The number of carbonyl (C=O) groups excluding carboxylic acids is 1. The lowest BCUT2D eigenvalue weighted by molar-refractivity contribution is 0.102. The maximum Gasteiger partial charge on any atom is 0.216 e. The molecule has 2 aromatic heterocycles. The first-order chi connectivity index (χ1) is 9.97. The number of hydrogen-bond donors (Lipinski definition) is 0. The Kier molecular flexibility index (Phi) is 3.39. The van der Waals surface area contributed by atoms with Gasteiger partial charge in [-0.1, -0.05) is 23.2 Å². The quantitative estimate of drug-likeness (QED) is 0.675. The highest BCUT2D eigenvalue weighted by molar-refractivity contribution is 6.30. The van der Waals surface area contributed by atoms with Crippen molar-refractivity contribution < 1.29 is 9.18 Å². The van der Waals surface area contributed by atoms with Gasteiger partial charge in [0, 0.05) is 5.02 Å². The van der Waals surface area contributed by atoms with Gasteiger partial charge in [-0.05, 0) is 37.3 Å². The van der Waals surface area contributed by atoms with Crippen LogP contribution in [0.3, 0.4) is 0 Å². The van der Waals surface area contributed by atoms with Crippen LogP contribution < -0.4 is 0 Å². The van der Waals surface area contributed by atoms with Gasteiger partial charge in [0.2, 0.25) is 5.78 Å². The van der Waals surface area contributed by atoms with E-state index in [1.54, 1.807) is 19.1 Å². The average molecular weight is 324 g/mol. The molecule has 0 N–H and O–H groups in total. The molecule has 3 rings (SSSR count). The lowest BCUT2D eigenvalue weighted by atomic mass is 10.1. The zero-order chi connectivity index (χ0) is 15.1. The van der Waals surface area contributed by atoms with Crippen LogP contribution in [0.2, 0.25) is 10.2 Å². The van der Waals surface area contributed by atoms with Crippen LogP contribution in [0.1, 0.15) is 21.7 Å². The van der Waals surface area contributed by atoms with Crippen LogP contribution in [0.15, 0.2) is 30.3 Å². The van der Waals surface area contributed by atoms with Crippen molar-refractivity contribution in [3.63, 3.8) is 0 Å². The van der Waals surface area contributed by atoms with E-state index in [0.717, 1.165) is 6.07 Å². The van der Waals surface area contributed by atoms with Gasteiger partial charge >= 0.3 is 0 Å². The van der Waals surface area contributed by atoms with Gasteiger partial charge in [-0.2, -0.15) is 5.10 Å². The van der Waals surface area contributed by atoms with Crippen molar-refractivity contribution in [1.29, 1.82) is 0 Å². The molecule has 3 aromatic rings. The topological polar surface area (TPSA) is 47.3 Å². The molecule has 0 atom stereocenters. The number of fused-ring (bicyclic) bond motifs is 1. The first-order valence-corrected chi connectivity index (χ1v) is 6.74. The van der Waals surface area contributed by atoms with Crippen molar-refractivity contribution in [2.75, 3.05) is 0 Å². The Bertz CT molecular complexity index is 876. The Morgan fingerprint density at radius 3 is 2.71 bits per heavy atom. The van der Waals surface area contributed by atoms with Crippen LogP contribution in [-0.4, -0.2) is 20.4 Å². The monoisotopic (exact) mass is 323 g/mol. The maximum absolute atomic E-state index is 13.9. The van der Waals surface area contributed by atoms with E-state index in [1.807, 2.05) is 0 Å². The first-order valence-electron chi connectivity index (χ1n) is 5.99. The van der Waals surface area contributed by atoms with Gasteiger partial charge in [-0.3, -0.25) is 4.79 Å². The molecule has 0 aliphatic heterocycles. The standard InChI is InChI=1S/C14H8Cl2FN3O/c1-7-13(20-12(18-7)5-4-11(16)19-20)14(21)9-3-2-8(15)6-10(9)17/h2-6H,1H3. The van der Waals surface area contributed by atoms with Crippen molar-refractivity contribution in [2.24, 2.45) is 0 Å². The molecule has 2 heterocycles. The van der Waals surface area contributed by atoms with Crippen molar-refractivity contribution in [3.8, 4) is 0 Å². The number of nitrogens with zero attached hydrogens (tertiary/aromatic N) is 3. The second-order valence-electron chi connectivity index (χ2n) is 4.43. The van der Waals surface area contributed by atoms with E-state index < -0.39 is 11.6 Å². The highest BCUT2D eigenvalue weighted by Gasteiger charge is 2.22. The Morgan fingerprint density at radius 2 is 2.00 bits per heavy atom. The smallest absolute Gasteiger partial charge is 0.216 e. The Labute approximate surface area is 129 Å². The molecule has 0 fully saturated rings. The number of halogens is 3. The van der Waals surface area contributed by atoms with E-state index >= 15 is 0 Å². The third-order valence-corrected chi connectivity index (χ3v) is 3.45. The molecule has 0 aliphatic carbocycles. The van der Waals surface area contributed by atoms with Gasteiger partial charge in [0.25, 0.3) is 0 Å². The summed E-state index contributed by atoms with van der Waals surface area (Å²) in [4.78, 5) is 16.8. The molecule has 4 nitrogen and oxygen atoms in total. The van der Waals surface area contributed by atoms with E-state index in [1.165, 1.54) is 16.6 Å². The van der Waals surface area contributed by atoms with Crippen LogP contribution >= 0.6 is 23.2 Å². The number of benzene rings is 1. The fraction of sp³-hybridized carbons (Fsp3) is 0.0714. The number of carbonyl (C=O) groups is 1. The SMILES string of the molecule is Cc1nc2ccc(Cl)nn2c1C(=O)c1ccc(Cl)cc1F. The molecular weight excluding hydrogens is 316 g/mol. The second kappa shape index (κ2) is 5.09. The first kappa shape index (κ1) is 14.0. The average Bonchev–Trinajstić information content (AvgIpc) is 2.73. The van der Waals surface area contributed by atoms with E-state index in [2.05, 4.69) is 10.1 Å². The summed E-state index contributed by atoms with van der Waals surface area (Å²) in [7, 11) is 0. The van der Waals surface area contributed by atoms with E-state index in [4.69, 9.17) is 23.2 Å². The molecule has 7 heteroatoms. The summed E-state index contributed by atoms with van der Waals surface area (Å²) < 4.78 is 15.2. The highest BCUT2D eigenvalue weighted by Crippen LogP contribution is 2.21. The Balaban J connectivity index is 2.22. The molecule has 21 heavy (non-hydrogen) atoms. The molecule has 106 valence electrons. The van der Waals surface area contributed by atoms with Gasteiger partial charge in [0.1, 0.15) is 16.7 Å². The van der Waals surface area contributed by atoms with E-state index in [0.29, 0.717) is 11.3 Å². The fourth-order valence-corrected chi connectivity index (χ4v) is 2.38. The molecule has 0 unspecified atom stereocenters. The molecule has 0 saturated carbocycles. The second-order valence-corrected chi connectivity index (χ2v) is 5.25. The molecule has 0 aliphatic rings. The van der Waals surface area contributed by atoms with Crippen LogP contribution in [0, 0.1) is 12.7 Å². The third kappa shape index (κ3) is 2.39. The molecule has 0 radical (unpaired) electrons. The minimum absolute atomic E-state index is 0.0916. The normalized spacial score (nSPS) is 11.0. The fourth-order valence-electron chi connectivity index (χ4n) is 2.08. The number of ketones is 1. The van der Waals surface area contributed by atoms with Crippen LogP contribution in [0.5, 0.6) is 0 Å². The number of hydrogen-bond acceptors (Lipinski definition) is 3. The van der Waals surface area contributed by atoms with Gasteiger partial charge in [0.05, 0.1) is 11.3 Å². The Hall–Kier alpha value is -1.98. The zero-order valence-electron chi connectivity index (χ0n) is 10.8. The molecule has 0 spiro atoms. The summed E-state index contributed by atoms with van der Waals surface area (Å²) in [6.45, 7) is 1.66. The predicted molar refractivity (Wildman–Crippen MR) is 77.6 cm³/mol. The summed E-state index contributed by atoms with van der Waals surface area (Å²) in [5.74, 6) is -1.21. The van der Waals surface area contributed by atoms with Gasteiger partial charge in [-0.25, -0.2) is 13.9 Å². The predicted octanol–water partition coefficient (Wildman–Crippen LogP) is 3.71. The number of imidazole rings is 1. The third-order valence-electron chi connectivity index (χ3n) is 3.01. The lowest BCUT2D eigenvalue weighted by Crippen LogP contribution is -2.10. The lowest BCUT2D eigenvalue weighted by Gasteiger charge is -2.04. The number of aryl methyl sites for hydroxylation is 1. The molecular formula is C14H8Cl2FN3O. The van der Waals surface area contributed by atoms with E-state index in [-0.39, 0.29) is 21.4 Å². The summed E-state index contributed by atoms with van der Waals surface area (Å²) in [6.07, 6.45) is 0. The zero-order valence-corrected chi connectivity index (χ0v) is 12.3. The van der Waals surface area contributed by atoms with E-state index in [9.17, 15) is 9.18 Å². The summed E-state index contributed by atoms with van der Waals surface area (Å²) in [6, 6.07) is 7.09. The largest absolute Gasteiger partial charge is 0.287 e. The Morgan fingerprint density at radius 1 is 1.24 bits per heavy atom. The van der Waals surface area contributed by atoms with Crippen molar-refractivity contribution in [3.05, 3.63) is 63.3 Å². The molecule has 0 amide bonds. The highest BCUT2D eigenvalue weighted by atomic mass is 35.5. The van der Waals surface area contributed by atoms with Crippen molar-refractivity contribution in [2.45, 2.75) is 6.92 Å². The van der Waals surface area contributed by atoms with Crippen LogP contribution in [-0.2, 0) is 0 Å².